The molecule has 0 fully saturated rings. The number of nitrogens with one attached hydrogen (secondary N) is 2. The third-order valence-electron chi connectivity index (χ3n) is 3.91. The predicted octanol–water partition coefficient (Wildman–Crippen LogP) is 2.48. The molecule has 2 aromatic rings. The van der Waals surface area contributed by atoms with E-state index in [0.717, 1.165) is 23.7 Å². The molecule has 0 bridgehead atoms. The summed E-state index contributed by atoms with van der Waals surface area (Å²) >= 11 is 1.12. The maximum atomic E-state index is 12.4. The Labute approximate surface area is 168 Å². The van der Waals surface area contributed by atoms with Crippen molar-refractivity contribution in [1.29, 1.82) is 0 Å². The molecule has 0 radical (unpaired) electrons. The molecule has 2 N–H and O–H groups in total. The van der Waals surface area contributed by atoms with Gasteiger partial charge >= 0.3 is 5.97 Å². The summed E-state index contributed by atoms with van der Waals surface area (Å²) in [6.45, 7) is 4.22. The van der Waals surface area contributed by atoms with E-state index in [0.29, 0.717) is 16.8 Å². The third-order valence-corrected chi connectivity index (χ3v) is 4.78. The molecule has 7 nitrogen and oxygen atoms in total. The molecule has 0 unspecified atom stereocenters. The van der Waals surface area contributed by atoms with E-state index in [4.69, 9.17) is 0 Å². The molecule has 0 aliphatic rings. The first kappa shape index (κ1) is 21.7. The van der Waals surface area contributed by atoms with Crippen LogP contribution in [0.15, 0.2) is 46.3 Å². The number of amides is 1. The average Bonchev–Trinajstić information content (AvgIpc) is 2.65. The number of hydrogen-bond acceptors (Lipinski definition) is 6. The van der Waals surface area contributed by atoms with Gasteiger partial charge in [-0.2, -0.15) is 0 Å². The second-order valence-electron chi connectivity index (χ2n) is 6.74. The first-order chi connectivity index (χ1) is 13.4. The number of thioether (sulfide) groups is 1. The van der Waals surface area contributed by atoms with Crippen LogP contribution in [0, 0.1) is 5.92 Å². The van der Waals surface area contributed by atoms with Crippen molar-refractivity contribution in [3.8, 4) is 0 Å². The summed E-state index contributed by atoms with van der Waals surface area (Å²) in [7, 11) is 1.27. The van der Waals surface area contributed by atoms with Crippen molar-refractivity contribution < 1.29 is 14.3 Å². The fourth-order valence-electron chi connectivity index (χ4n) is 2.67. The molecule has 1 aromatic carbocycles. The lowest BCUT2D eigenvalue weighted by molar-refractivity contribution is -0.139. The summed E-state index contributed by atoms with van der Waals surface area (Å²) in [6, 6.07) is 11.0. The number of aromatic amines is 1. The number of carbonyl (C=O) groups is 2. The highest BCUT2D eigenvalue weighted by atomic mass is 32.2. The summed E-state index contributed by atoms with van der Waals surface area (Å²) in [5.41, 5.74) is 0.986. The van der Waals surface area contributed by atoms with E-state index in [9.17, 15) is 14.4 Å². The molecule has 1 atom stereocenters. The zero-order valence-corrected chi connectivity index (χ0v) is 17.0. The highest BCUT2D eigenvalue weighted by molar-refractivity contribution is 7.99. The lowest BCUT2D eigenvalue weighted by atomic mass is 9.97. The van der Waals surface area contributed by atoms with Crippen molar-refractivity contribution in [1.82, 2.24) is 15.3 Å². The Hall–Kier alpha value is -2.61. The van der Waals surface area contributed by atoms with Crippen LogP contribution >= 0.6 is 11.8 Å². The SMILES string of the molecule is COC(=O)Cc1cc(=O)[nH]c(SCC(=O)N[C@H](CC(C)C)c2ccccc2)n1. The van der Waals surface area contributed by atoms with Gasteiger partial charge in [0.05, 0.1) is 31.0 Å². The lowest BCUT2D eigenvalue weighted by Gasteiger charge is -2.21. The molecule has 0 aliphatic carbocycles. The Morgan fingerprint density at radius 3 is 2.61 bits per heavy atom. The van der Waals surface area contributed by atoms with Crippen molar-refractivity contribution in [2.75, 3.05) is 12.9 Å². The van der Waals surface area contributed by atoms with Crippen molar-refractivity contribution >= 4 is 23.6 Å². The number of rotatable bonds is 9. The molecule has 0 aliphatic heterocycles. The molecular formula is C20H25N3O4S. The Morgan fingerprint density at radius 1 is 1.25 bits per heavy atom. The largest absolute Gasteiger partial charge is 0.469 e. The van der Waals surface area contributed by atoms with Gasteiger partial charge in [0.2, 0.25) is 5.91 Å². The summed E-state index contributed by atoms with van der Waals surface area (Å²) in [5, 5.41) is 3.35. The van der Waals surface area contributed by atoms with Crippen molar-refractivity contribution in [2.45, 2.75) is 37.9 Å². The maximum Gasteiger partial charge on any atom is 0.311 e. The molecule has 1 aromatic heterocycles. The highest BCUT2D eigenvalue weighted by Crippen LogP contribution is 2.21. The second-order valence-corrected chi connectivity index (χ2v) is 7.71. The number of esters is 1. The van der Waals surface area contributed by atoms with Crippen molar-refractivity contribution in [3.05, 3.63) is 58.0 Å². The molecule has 150 valence electrons. The second kappa shape index (κ2) is 10.7. The molecule has 2 rings (SSSR count). The molecule has 0 saturated heterocycles. The van der Waals surface area contributed by atoms with E-state index in [1.807, 2.05) is 30.3 Å². The Bertz CT molecular complexity index is 852. The fourth-order valence-corrected chi connectivity index (χ4v) is 3.37. The third kappa shape index (κ3) is 7.19. The van der Waals surface area contributed by atoms with Gasteiger partial charge in [-0.1, -0.05) is 55.9 Å². The van der Waals surface area contributed by atoms with Crippen LogP contribution in [0.4, 0.5) is 0 Å². The number of ether oxygens (including phenoxy) is 1. The molecular weight excluding hydrogens is 378 g/mol. The summed E-state index contributed by atoms with van der Waals surface area (Å²) < 4.78 is 4.59. The zero-order valence-electron chi connectivity index (χ0n) is 16.2. The van der Waals surface area contributed by atoms with E-state index in [2.05, 4.69) is 33.9 Å². The van der Waals surface area contributed by atoms with E-state index in [-0.39, 0.29) is 29.7 Å². The van der Waals surface area contributed by atoms with Gasteiger partial charge in [-0.15, -0.1) is 0 Å². The average molecular weight is 404 g/mol. The maximum absolute atomic E-state index is 12.4. The van der Waals surface area contributed by atoms with Gasteiger partial charge in [-0.25, -0.2) is 4.98 Å². The molecule has 0 saturated carbocycles. The smallest absolute Gasteiger partial charge is 0.311 e. The number of hydrogen-bond donors (Lipinski definition) is 2. The van der Waals surface area contributed by atoms with Crippen molar-refractivity contribution in [2.24, 2.45) is 5.92 Å². The van der Waals surface area contributed by atoms with Crippen LogP contribution in [-0.2, 0) is 20.7 Å². The number of benzene rings is 1. The van der Waals surface area contributed by atoms with Crippen molar-refractivity contribution in [3.63, 3.8) is 0 Å². The van der Waals surface area contributed by atoms with Gasteiger partial charge in [0, 0.05) is 6.07 Å². The minimum Gasteiger partial charge on any atom is -0.469 e. The van der Waals surface area contributed by atoms with Gasteiger partial charge in [-0.3, -0.25) is 14.4 Å². The zero-order chi connectivity index (χ0) is 20.5. The lowest BCUT2D eigenvalue weighted by Crippen LogP contribution is -2.31. The van der Waals surface area contributed by atoms with Gasteiger partial charge in [-0.05, 0) is 17.9 Å². The summed E-state index contributed by atoms with van der Waals surface area (Å²) in [5.74, 6) is -0.107. The quantitative estimate of drug-likeness (QED) is 0.379. The number of carbonyl (C=O) groups excluding carboxylic acids is 2. The Balaban J connectivity index is 2.00. The van der Waals surface area contributed by atoms with Crippen LogP contribution in [-0.4, -0.2) is 34.7 Å². The van der Waals surface area contributed by atoms with Crippen LogP contribution < -0.4 is 10.9 Å². The van der Waals surface area contributed by atoms with Crippen LogP contribution in [0.3, 0.4) is 0 Å². The summed E-state index contributed by atoms with van der Waals surface area (Å²) in [4.78, 5) is 42.3. The van der Waals surface area contributed by atoms with Crippen LogP contribution in [0.25, 0.3) is 0 Å². The normalized spacial score (nSPS) is 11.9. The molecule has 8 heteroatoms. The monoisotopic (exact) mass is 403 g/mol. The van der Waals surface area contributed by atoms with E-state index < -0.39 is 5.97 Å². The van der Waals surface area contributed by atoms with E-state index >= 15 is 0 Å². The topological polar surface area (TPSA) is 101 Å². The Morgan fingerprint density at radius 2 is 1.96 bits per heavy atom. The summed E-state index contributed by atoms with van der Waals surface area (Å²) in [6.07, 6.45) is 0.731. The Kier molecular flexibility index (Phi) is 8.25. The number of nitrogens with zero attached hydrogens (tertiary/aromatic N) is 1. The van der Waals surface area contributed by atoms with Crippen LogP contribution in [0.5, 0.6) is 0 Å². The van der Waals surface area contributed by atoms with Gasteiger partial charge in [0.25, 0.3) is 5.56 Å². The van der Waals surface area contributed by atoms with Gasteiger partial charge in [0.1, 0.15) is 0 Å². The number of H-pyrrole nitrogens is 1. The fraction of sp³-hybridized carbons (Fsp3) is 0.400. The first-order valence-electron chi connectivity index (χ1n) is 9.01. The highest BCUT2D eigenvalue weighted by Gasteiger charge is 2.17. The van der Waals surface area contributed by atoms with E-state index in [1.165, 1.54) is 13.2 Å². The molecule has 1 amide bonds. The molecule has 1 heterocycles. The molecule has 0 spiro atoms. The predicted molar refractivity (Wildman–Crippen MR) is 108 cm³/mol. The van der Waals surface area contributed by atoms with E-state index in [1.54, 1.807) is 0 Å². The van der Waals surface area contributed by atoms with Crippen LogP contribution in [0.2, 0.25) is 0 Å². The van der Waals surface area contributed by atoms with Gasteiger partial charge < -0.3 is 15.0 Å². The standard InChI is InChI=1S/C20H25N3O4S/c1-13(2)9-16(14-7-5-4-6-8-14)22-18(25)12-28-20-21-15(10-17(24)23-20)11-19(26)27-3/h4-8,10,13,16H,9,11-12H2,1-3H3,(H,22,25)(H,21,23,24)/t16-/m1/s1. The number of methoxy groups -OCH3 is 1. The van der Waals surface area contributed by atoms with Gasteiger partial charge in [0.15, 0.2) is 5.16 Å². The minimum absolute atomic E-state index is 0.0769. The number of aromatic nitrogens is 2. The van der Waals surface area contributed by atoms with Crippen LogP contribution in [0.1, 0.15) is 37.6 Å². The first-order valence-corrected chi connectivity index (χ1v) is 10.00. The minimum atomic E-state index is -0.480. The molecule has 28 heavy (non-hydrogen) atoms.